The van der Waals surface area contributed by atoms with Crippen LogP contribution in [0.1, 0.15) is 51.4 Å². The fourth-order valence-corrected chi connectivity index (χ4v) is 3.72. The average molecular weight is 309 g/mol. The monoisotopic (exact) mass is 309 g/mol. The molecule has 0 aromatic rings. The van der Waals surface area contributed by atoms with Crippen molar-refractivity contribution in [3.63, 3.8) is 0 Å². The molecule has 124 valence electrons. The van der Waals surface area contributed by atoms with E-state index in [2.05, 4.69) is 12.2 Å². The molecule has 2 bridgehead atoms. The second kappa shape index (κ2) is 7.57. The third kappa shape index (κ3) is 4.09. The third-order valence-corrected chi connectivity index (χ3v) is 5.11. The van der Waals surface area contributed by atoms with Crippen LogP contribution in [0.25, 0.3) is 0 Å². The number of allylic oxidation sites excluding steroid dienone is 2. The van der Waals surface area contributed by atoms with Crippen molar-refractivity contribution in [3.8, 4) is 0 Å². The summed E-state index contributed by atoms with van der Waals surface area (Å²) in [6, 6.07) is 0. The number of fused-ring (bicyclic) bond motifs is 2. The minimum atomic E-state index is -0.313. The first-order valence-electron chi connectivity index (χ1n) is 8.63. The minimum absolute atomic E-state index is 0.313. The zero-order chi connectivity index (χ0) is 15.4. The van der Waals surface area contributed by atoms with E-state index < -0.39 is 0 Å². The molecule has 1 amide bonds. The predicted molar refractivity (Wildman–Crippen MR) is 81.4 cm³/mol. The zero-order valence-corrected chi connectivity index (χ0v) is 13.1. The van der Waals surface area contributed by atoms with Crippen molar-refractivity contribution in [1.29, 1.82) is 0 Å². The molecule has 22 heavy (non-hydrogen) atoms. The van der Waals surface area contributed by atoms with Gasteiger partial charge < -0.3 is 9.47 Å². The van der Waals surface area contributed by atoms with Crippen LogP contribution in [0.4, 0.5) is 0 Å². The molecule has 5 heteroatoms. The predicted octanol–water partition coefficient (Wildman–Crippen LogP) is 2.58. The molecule has 0 aromatic heterocycles. The molecule has 2 heterocycles. The van der Waals surface area contributed by atoms with Crippen molar-refractivity contribution < 1.29 is 19.5 Å². The van der Waals surface area contributed by atoms with Gasteiger partial charge in [-0.3, -0.25) is 10.0 Å². The first kappa shape index (κ1) is 16.0. The first-order chi connectivity index (χ1) is 10.8. The highest BCUT2D eigenvalue weighted by molar-refractivity contribution is 5.74. The number of carbonyl (C=O) groups is 1. The van der Waals surface area contributed by atoms with E-state index in [-0.39, 0.29) is 5.91 Å². The van der Waals surface area contributed by atoms with Crippen molar-refractivity contribution in [2.24, 2.45) is 11.8 Å². The van der Waals surface area contributed by atoms with E-state index in [4.69, 9.17) is 14.7 Å². The van der Waals surface area contributed by atoms with Gasteiger partial charge in [0.05, 0.1) is 24.9 Å². The van der Waals surface area contributed by atoms with E-state index >= 15 is 0 Å². The van der Waals surface area contributed by atoms with Gasteiger partial charge in [0.25, 0.3) is 0 Å². The van der Waals surface area contributed by atoms with Gasteiger partial charge in [0.15, 0.2) is 0 Å². The Morgan fingerprint density at radius 1 is 1.18 bits per heavy atom. The van der Waals surface area contributed by atoms with Gasteiger partial charge in [-0.25, -0.2) is 5.48 Å². The standard InChI is InChI=1S/C17H27NO4/c19-17(18-20)6-4-2-1-3-5-13-14(11-21-12-7-8-12)16-10-9-15(13)22-16/h1,3,12-16,20H,2,4-11H2,(H,18,19)/t13-,14+,15-,16+/m0/s1. The van der Waals surface area contributed by atoms with Crippen LogP contribution >= 0.6 is 0 Å². The SMILES string of the molecule is O=C(CCCC=CC[C@H]1[C@@H](COC2CC2)[C@H]2CC[C@@H]1O2)NO. The number of hydroxylamine groups is 1. The molecule has 3 fully saturated rings. The van der Waals surface area contributed by atoms with Crippen molar-refractivity contribution >= 4 is 5.91 Å². The smallest absolute Gasteiger partial charge is 0.243 e. The van der Waals surface area contributed by atoms with Gasteiger partial charge in [0.2, 0.25) is 5.91 Å². The lowest BCUT2D eigenvalue weighted by Gasteiger charge is -2.27. The molecule has 5 nitrogen and oxygen atoms in total. The summed E-state index contributed by atoms with van der Waals surface area (Å²) in [6.45, 7) is 0.862. The van der Waals surface area contributed by atoms with Crippen molar-refractivity contribution in [2.45, 2.75) is 69.7 Å². The summed E-state index contributed by atoms with van der Waals surface area (Å²) in [4.78, 5) is 10.9. The van der Waals surface area contributed by atoms with E-state index in [1.807, 2.05) is 0 Å². The topological polar surface area (TPSA) is 67.8 Å². The van der Waals surface area contributed by atoms with Gasteiger partial charge in [-0.15, -0.1) is 0 Å². The lowest BCUT2D eigenvalue weighted by molar-refractivity contribution is -0.129. The summed E-state index contributed by atoms with van der Waals surface area (Å²) >= 11 is 0. The van der Waals surface area contributed by atoms with E-state index in [1.54, 1.807) is 5.48 Å². The van der Waals surface area contributed by atoms with Gasteiger partial charge >= 0.3 is 0 Å². The molecule has 3 rings (SSSR count). The maximum absolute atomic E-state index is 10.9. The quantitative estimate of drug-likeness (QED) is 0.297. The number of unbranched alkanes of at least 4 members (excludes halogenated alkanes) is 1. The Bertz CT molecular complexity index is 407. The molecule has 4 atom stereocenters. The van der Waals surface area contributed by atoms with Crippen molar-refractivity contribution in [3.05, 3.63) is 12.2 Å². The molecule has 0 spiro atoms. The maximum atomic E-state index is 10.9. The van der Waals surface area contributed by atoms with Crippen molar-refractivity contribution in [2.75, 3.05) is 6.61 Å². The van der Waals surface area contributed by atoms with Crippen LogP contribution in [0.5, 0.6) is 0 Å². The Labute approximate surface area is 132 Å². The Morgan fingerprint density at radius 3 is 2.68 bits per heavy atom. The normalized spacial score (nSPS) is 33.7. The number of carbonyl (C=O) groups excluding carboxylic acids is 1. The maximum Gasteiger partial charge on any atom is 0.243 e. The van der Waals surface area contributed by atoms with Crippen LogP contribution in [-0.4, -0.2) is 36.0 Å². The number of nitrogens with one attached hydrogen (secondary N) is 1. The molecule has 3 aliphatic rings. The van der Waals surface area contributed by atoms with Crippen LogP contribution < -0.4 is 5.48 Å². The number of rotatable bonds is 9. The molecule has 0 radical (unpaired) electrons. The molecule has 0 aromatic carbocycles. The lowest BCUT2D eigenvalue weighted by Crippen LogP contribution is -2.30. The van der Waals surface area contributed by atoms with E-state index in [0.29, 0.717) is 36.6 Å². The summed E-state index contributed by atoms with van der Waals surface area (Å²) in [7, 11) is 0. The molecular weight excluding hydrogens is 282 g/mol. The largest absolute Gasteiger partial charge is 0.378 e. The minimum Gasteiger partial charge on any atom is -0.378 e. The highest BCUT2D eigenvalue weighted by Crippen LogP contribution is 2.45. The zero-order valence-electron chi connectivity index (χ0n) is 13.1. The van der Waals surface area contributed by atoms with Crippen molar-refractivity contribution in [1.82, 2.24) is 5.48 Å². The molecule has 2 N–H and O–H groups in total. The van der Waals surface area contributed by atoms with Gasteiger partial charge in [-0.05, 0) is 50.9 Å². The van der Waals surface area contributed by atoms with Gasteiger partial charge in [0.1, 0.15) is 0 Å². The summed E-state index contributed by atoms with van der Waals surface area (Å²) in [5.74, 6) is 0.839. The average Bonchev–Trinajstić information content (AvgIpc) is 3.15. The highest BCUT2D eigenvalue weighted by Gasteiger charge is 2.48. The van der Waals surface area contributed by atoms with E-state index in [0.717, 1.165) is 25.9 Å². The summed E-state index contributed by atoms with van der Waals surface area (Å²) in [5.41, 5.74) is 1.66. The Kier molecular flexibility index (Phi) is 5.50. The molecular formula is C17H27NO4. The van der Waals surface area contributed by atoms with Crippen LogP contribution in [0.2, 0.25) is 0 Å². The third-order valence-electron chi connectivity index (χ3n) is 5.11. The fourth-order valence-electron chi connectivity index (χ4n) is 3.72. The van der Waals surface area contributed by atoms with Gasteiger partial charge in [-0.1, -0.05) is 12.2 Å². The molecule has 1 saturated carbocycles. The molecule has 1 aliphatic carbocycles. The molecule has 2 saturated heterocycles. The lowest BCUT2D eigenvalue weighted by atomic mass is 9.78. The van der Waals surface area contributed by atoms with E-state index in [1.165, 1.54) is 25.7 Å². The number of hydrogen-bond acceptors (Lipinski definition) is 4. The van der Waals surface area contributed by atoms with Crippen LogP contribution in [-0.2, 0) is 14.3 Å². The Hall–Kier alpha value is -0.910. The molecule has 0 unspecified atom stereocenters. The Morgan fingerprint density at radius 2 is 1.95 bits per heavy atom. The first-order valence-corrected chi connectivity index (χ1v) is 8.63. The highest BCUT2D eigenvalue weighted by atomic mass is 16.5. The fraction of sp³-hybridized carbons (Fsp3) is 0.824. The van der Waals surface area contributed by atoms with Crippen LogP contribution in [0.15, 0.2) is 12.2 Å². The van der Waals surface area contributed by atoms with Gasteiger partial charge in [0, 0.05) is 12.3 Å². The number of amides is 1. The second-order valence-corrected chi connectivity index (χ2v) is 6.79. The molecule has 2 aliphatic heterocycles. The van der Waals surface area contributed by atoms with E-state index in [9.17, 15) is 4.79 Å². The summed E-state index contributed by atoms with van der Waals surface area (Å²) in [5, 5.41) is 8.42. The van der Waals surface area contributed by atoms with Crippen LogP contribution in [0.3, 0.4) is 0 Å². The van der Waals surface area contributed by atoms with Gasteiger partial charge in [-0.2, -0.15) is 0 Å². The van der Waals surface area contributed by atoms with Crippen LogP contribution in [0, 0.1) is 11.8 Å². The summed E-state index contributed by atoms with van der Waals surface area (Å²) in [6.07, 6.45) is 13.6. The number of ether oxygens (including phenoxy) is 2. The summed E-state index contributed by atoms with van der Waals surface area (Å²) < 4.78 is 12.0. The Balaban J connectivity index is 1.38. The number of hydrogen-bond donors (Lipinski definition) is 2. The second-order valence-electron chi connectivity index (χ2n) is 6.79.